The average molecular weight is 416 g/mol. The summed E-state index contributed by atoms with van der Waals surface area (Å²) in [6, 6.07) is 6.71. The van der Waals surface area contributed by atoms with Crippen molar-refractivity contribution in [2.24, 2.45) is 0 Å². The molecule has 4 aromatic rings. The molecular formula is C17H11Cl2N7O2. The maximum absolute atomic E-state index is 12.9. The summed E-state index contributed by atoms with van der Waals surface area (Å²) in [6.45, 7) is 0. The second kappa shape index (κ2) is 7.37. The number of hydrogen-bond donors (Lipinski definition) is 2. The molecule has 9 nitrogen and oxygen atoms in total. The summed E-state index contributed by atoms with van der Waals surface area (Å²) in [6.07, 6.45) is 2.79. The number of ether oxygens (including phenoxy) is 1. The van der Waals surface area contributed by atoms with Crippen molar-refractivity contribution in [2.75, 3.05) is 12.4 Å². The minimum Gasteiger partial charge on any atom is -0.494 e. The topological polar surface area (TPSA) is 119 Å². The van der Waals surface area contributed by atoms with Gasteiger partial charge in [0.15, 0.2) is 0 Å². The van der Waals surface area contributed by atoms with Crippen molar-refractivity contribution in [3.63, 3.8) is 0 Å². The summed E-state index contributed by atoms with van der Waals surface area (Å²) in [5, 5.41) is 17.5. The number of aromatic nitrogens is 6. The Kier molecular flexibility index (Phi) is 4.76. The molecule has 0 aliphatic heterocycles. The molecule has 3 heterocycles. The van der Waals surface area contributed by atoms with Crippen molar-refractivity contribution in [1.82, 2.24) is 30.6 Å². The lowest BCUT2D eigenvalue weighted by molar-refractivity contribution is 0.102. The standard InChI is InChI=1S/C17H11Cl2N7O2/c1-28-13-5-3-9(17(27)22-15-10(18)6-20-7-11(15)19)8-2-4-12(21-14(8)13)16-23-25-26-24-16/h2-7H,1H3,(H,20,22,27)(H,23,24,25,26). The number of anilines is 1. The Balaban J connectivity index is 1.80. The van der Waals surface area contributed by atoms with E-state index in [0.29, 0.717) is 33.7 Å². The number of nitrogens with one attached hydrogen (secondary N) is 2. The van der Waals surface area contributed by atoms with E-state index >= 15 is 0 Å². The van der Waals surface area contributed by atoms with Crippen molar-refractivity contribution in [3.05, 3.63) is 52.3 Å². The zero-order valence-electron chi connectivity index (χ0n) is 14.3. The Hall–Kier alpha value is -3.30. The van der Waals surface area contributed by atoms with Crippen LogP contribution in [0.1, 0.15) is 10.4 Å². The van der Waals surface area contributed by atoms with Gasteiger partial charge < -0.3 is 10.1 Å². The number of benzene rings is 1. The third-order valence-corrected chi connectivity index (χ3v) is 4.52. The lowest BCUT2D eigenvalue weighted by Gasteiger charge is -2.12. The molecule has 1 amide bonds. The van der Waals surface area contributed by atoms with Crippen LogP contribution in [-0.2, 0) is 0 Å². The van der Waals surface area contributed by atoms with Gasteiger partial charge in [0.25, 0.3) is 5.91 Å². The van der Waals surface area contributed by atoms with Crippen molar-refractivity contribution < 1.29 is 9.53 Å². The molecule has 0 fully saturated rings. The third-order valence-electron chi connectivity index (χ3n) is 3.95. The van der Waals surface area contributed by atoms with Crippen LogP contribution in [0.3, 0.4) is 0 Å². The van der Waals surface area contributed by atoms with Gasteiger partial charge in [-0.25, -0.2) is 4.98 Å². The number of rotatable bonds is 4. The monoisotopic (exact) mass is 415 g/mol. The molecule has 0 unspecified atom stereocenters. The summed E-state index contributed by atoms with van der Waals surface area (Å²) in [5.41, 5.74) is 1.61. The molecule has 0 spiro atoms. The SMILES string of the molecule is COc1ccc(C(=O)Nc2c(Cl)cncc2Cl)c2ccc(-c3nn[nH]n3)nc12. The maximum Gasteiger partial charge on any atom is 0.256 e. The first-order chi connectivity index (χ1) is 13.6. The van der Waals surface area contributed by atoms with E-state index in [1.165, 1.54) is 19.5 Å². The Labute approximate surface area is 168 Å². The molecule has 0 saturated heterocycles. The first-order valence-corrected chi connectivity index (χ1v) is 8.66. The van der Waals surface area contributed by atoms with Crippen molar-refractivity contribution >= 4 is 45.7 Å². The Morgan fingerprint density at radius 3 is 2.61 bits per heavy atom. The highest BCUT2D eigenvalue weighted by Crippen LogP contribution is 2.32. The van der Waals surface area contributed by atoms with Crippen LogP contribution < -0.4 is 10.1 Å². The number of H-pyrrole nitrogens is 1. The highest BCUT2D eigenvalue weighted by Gasteiger charge is 2.18. The van der Waals surface area contributed by atoms with Crippen molar-refractivity contribution in [2.45, 2.75) is 0 Å². The molecule has 140 valence electrons. The minimum atomic E-state index is -0.406. The van der Waals surface area contributed by atoms with E-state index in [0.717, 1.165) is 0 Å². The van der Waals surface area contributed by atoms with Crippen molar-refractivity contribution in [1.29, 1.82) is 0 Å². The fourth-order valence-electron chi connectivity index (χ4n) is 2.66. The van der Waals surface area contributed by atoms with Crippen LogP contribution in [0.15, 0.2) is 36.7 Å². The second-order valence-corrected chi connectivity index (χ2v) is 6.39. The molecule has 0 bridgehead atoms. The fourth-order valence-corrected chi connectivity index (χ4v) is 3.12. The normalized spacial score (nSPS) is 10.8. The van der Waals surface area contributed by atoms with Gasteiger partial charge in [-0.15, -0.1) is 10.2 Å². The van der Waals surface area contributed by atoms with Gasteiger partial charge in [0, 0.05) is 23.3 Å². The molecule has 2 N–H and O–H groups in total. The predicted molar refractivity (Wildman–Crippen MR) is 104 cm³/mol. The van der Waals surface area contributed by atoms with Gasteiger partial charge in [0.1, 0.15) is 17.0 Å². The van der Waals surface area contributed by atoms with Crippen LogP contribution in [-0.4, -0.2) is 43.6 Å². The number of fused-ring (bicyclic) bond motifs is 1. The van der Waals surface area contributed by atoms with E-state index in [1.807, 2.05) is 0 Å². The van der Waals surface area contributed by atoms with E-state index in [9.17, 15) is 4.79 Å². The number of methoxy groups -OCH3 is 1. The minimum absolute atomic E-state index is 0.233. The molecule has 1 aromatic carbocycles. The number of pyridine rings is 2. The largest absolute Gasteiger partial charge is 0.494 e. The van der Waals surface area contributed by atoms with Gasteiger partial charge in [0.05, 0.1) is 22.8 Å². The Bertz CT molecular complexity index is 1160. The van der Waals surface area contributed by atoms with Gasteiger partial charge >= 0.3 is 0 Å². The number of halogens is 2. The second-order valence-electron chi connectivity index (χ2n) is 5.58. The predicted octanol–water partition coefficient (Wildman–Crippen LogP) is 3.38. The van der Waals surface area contributed by atoms with Gasteiger partial charge in [0.2, 0.25) is 5.82 Å². The zero-order chi connectivity index (χ0) is 19.7. The lowest BCUT2D eigenvalue weighted by atomic mass is 10.1. The quantitative estimate of drug-likeness (QED) is 0.524. The smallest absolute Gasteiger partial charge is 0.256 e. The molecular weight excluding hydrogens is 405 g/mol. The third kappa shape index (κ3) is 3.21. The van der Waals surface area contributed by atoms with Crippen LogP contribution in [0.4, 0.5) is 5.69 Å². The number of amides is 1. The van der Waals surface area contributed by atoms with E-state index < -0.39 is 5.91 Å². The van der Waals surface area contributed by atoms with E-state index in [1.54, 1.807) is 24.3 Å². The van der Waals surface area contributed by atoms with Crippen LogP contribution in [0.5, 0.6) is 5.75 Å². The van der Waals surface area contributed by atoms with Crippen LogP contribution >= 0.6 is 23.2 Å². The molecule has 3 aromatic heterocycles. The van der Waals surface area contributed by atoms with Gasteiger partial charge in [-0.2, -0.15) is 5.21 Å². The summed E-state index contributed by atoms with van der Waals surface area (Å²) in [7, 11) is 1.52. The molecule has 28 heavy (non-hydrogen) atoms. The number of hydrogen-bond acceptors (Lipinski definition) is 7. The van der Waals surface area contributed by atoms with Crippen molar-refractivity contribution in [3.8, 4) is 17.3 Å². The van der Waals surface area contributed by atoms with Crippen LogP contribution in [0.25, 0.3) is 22.4 Å². The highest BCUT2D eigenvalue weighted by molar-refractivity contribution is 6.39. The van der Waals surface area contributed by atoms with Gasteiger partial charge in [-0.1, -0.05) is 23.2 Å². The number of nitrogens with zero attached hydrogens (tertiary/aromatic N) is 5. The average Bonchev–Trinajstić information content (AvgIpc) is 3.24. The Morgan fingerprint density at radius 1 is 1.14 bits per heavy atom. The van der Waals surface area contributed by atoms with E-state index in [4.69, 9.17) is 27.9 Å². The number of carbonyl (C=O) groups excluding carboxylic acids is 1. The summed E-state index contributed by atoms with van der Waals surface area (Å²) in [5.74, 6) is 0.419. The number of aromatic amines is 1. The first-order valence-electron chi connectivity index (χ1n) is 7.90. The number of carbonyl (C=O) groups is 1. The fraction of sp³-hybridized carbons (Fsp3) is 0.0588. The molecule has 0 aliphatic rings. The molecule has 11 heteroatoms. The zero-order valence-corrected chi connectivity index (χ0v) is 15.8. The van der Waals surface area contributed by atoms with Gasteiger partial charge in [-0.05, 0) is 29.5 Å². The molecule has 4 rings (SSSR count). The van der Waals surface area contributed by atoms with E-state index in [2.05, 4.69) is 35.9 Å². The van der Waals surface area contributed by atoms with Crippen LogP contribution in [0, 0.1) is 0 Å². The molecule has 0 atom stereocenters. The maximum atomic E-state index is 12.9. The number of tetrazole rings is 1. The highest BCUT2D eigenvalue weighted by atomic mass is 35.5. The molecule has 0 saturated carbocycles. The summed E-state index contributed by atoms with van der Waals surface area (Å²) >= 11 is 12.2. The first kappa shape index (κ1) is 18.1. The van der Waals surface area contributed by atoms with E-state index in [-0.39, 0.29) is 15.7 Å². The molecule has 0 aliphatic carbocycles. The van der Waals surface area contributed by atoms with Gasteiger partial charge in [-0.3, -0.25) is 9.78 Å². The summed E-state index contributed by atoms with van der Waals surface area (Å²) in [4.78, 5) is 21.3. The van der Waals surface area contributed by atoms with Crippen LogP contribution in [0.2, 0.25) is 10.0 Å². The molecule has 0 radical (unpaired) electrons. The summed E-state index contributed by atoms with van der Waals surface area (Å²) < 4.78 is 5.38. The lowest BCUT2D eigenvalue weighted by Crippen LogP contribution is -2.13. The Morgan fingerprint density at radius 2 is 1.93 bits per heavy atom.